The van der Waals surface area contributed by atoms with Gasteiger partial charge < -0.3 is 4.57 Å². The lowest BCUT2D eigenvalue weighted by molar-refractivity contribution is 0.618. The van der Waals surface area contributed by atoms with Crippen LogP contribution in [0.2, 0.25) is 0 Å². The van der Waals surface area contributed by atoms with Gasteiger partial charge >= 0.3 is 0 Å². The molecule has 0 saturated heterocycles. The Kier molecular flexibility index (Phi) is 3.34. The fourth-order valence-electron chi connectivity index (χ4n) is 2.56. The van der Waals surface area contributed by atoms with Crippen molar-refractivity contribution in [1.82, 2.24) is 4.57 Å². The number of para-hydroxylation sites is 1. The van der Waals surface area contributed by atoms with Crippen molar-refractivity contribution in [3.8, 4) is 0 Å². The molecule has 0 aliphatic heterocycles. The van der Waals surface area contributed by atoms with Crippen molar-refractivity contribution in [3.63, 3.8) is 0 Å². The van der Waals surface area contributed by atoms with E-state index < -0.39 is 0 Å². The molecule has 0 aliphatic rings. The van der Waals surface area contributed by atoms with Gasteiger partial charge in [-0.05, 0) is 43.7 Å². The van der Waals surface area contributed by atoms with Gasteiger partial charge in [0.1, 0.15) is 5.82 Å². The van der Waals surface area contributed by atoms with Gasteiger partial charge in [-0.1, -0.05) is 18.2 Å². The van der Waals surface area contributed by atoms with Crippen LogP contribution in [0.5, 0.6) is 0 Å². The summed E-state index contributed by atoms with van der Waals surface area (Å²) in [5, 5.41) is 1.18. The maximum atomic E-state index is 13.3. The van der Waals surface area contributed by atoms with Crippen molar-refractivity contribution in [2.45, 2.75) is 13.8 Å². The lowest BCUT2D eigenvalue weighted by Crippen LogP contribution is -1.91. The highest BCUT2D eigenvalue weighted by Crippen LogP contribution is 2.24. The summed E-state index contributed by atoms with van der Waals surface area (Å²) in [7, 11) is 2.05. The van der Waals surface area contributed by atoms with E-state index >= 15 is 0 Å². The Morgan fingerprint density at radius 1 is 1.10 bits per heavy atom. The minimum absolute atomic E-state index is 0.199. The Hall–Kier alpha value is -2.42. The van der Waals surface area contributed by atoms with E-state index in [4.69, 9.17) is 0 Å². The molecule has 0 saturated carbocycles. The summed E-state index contributed by atoms with van der Waals surface area (Å²) in [6.45, 7) is 3.83. The van der Waals surface area contributed by atoms with E-state index in [1.54, 1.807) is 19.1 Å². The Labute approximate surface area is 123 Å². The monoisotopic (exact) mass is 280 g/mol. The van der Waals surface area contributed by atoms with Gasteiger partial charge in [0.2, 0.25) is 0 Å². The van der Waals surface area contributed by atoms with Crippen molar-refractivity contribution in [3.05, 3.63) is 65.1 Å². The lowest BCUT2D eigenvalue weighted by atomic mass is 10.1. The van der Waals surface area contributed by atoms with Crippen LogP contribution in [0.1, 0.15) is 16.8 Å². The van der Waals surface area contributed by atoms with Crippen molar-refractivity contribution in [2.75, 3.05) is 0 Å². The van der Waals surface area contributed by atoms with Crippen LogP contribution in [-0.2, 0) is 7.05 Å². The second-order valence-electron chi connectivity index (χ2n) is 5.27. The molecule has 0 bridgehead atoms. The van der Waals surface area contributed by atoms with Crippen LogP contribution in [-0.4, -0.2) is 10.8 Å². The van der Waals surface area contributed by atoms with Gasteiger partial charge in [0.25, 0.3) is 0 Å². The van der Waals surface area contributed by atoms with Crippen molar-refractivity contribution in [2.24, 2.45) is 12.0 Å². The van der Waals surface area contributed by atoms with E-state index in [-0.39, 0.29) is 5.82 Å². The third kappa shape index (κ3) is 2.35. The number of hydrogen-bond donors (Lipinski definition) is 0. The van der Waals surface area contributed by atoms with Gasteiger partial charge in [-0.2, -0.15) is 0 Å². The quantitative estimate of drug-likeness (QED) is 0.606. The van der Waals surface area contributed by atoms with Crippen molar-refractivity contribution in [1.29, 1.82) is 0 Å². The Morgan fingerprint density at radius 2 is 1.86 bits per heavy atom. The fourth-order valence-corrected chi connectivity index (χ4v) is 2.56. The minimum atomic E-state index is -0.199. The van der Waals surface area contributed by atoms with Gasteiger partial charge in [-0.25, -0.2) is 4.39 Å². The summed E-state index contributed by atoms with van der Waals surface area (Å²) < 4.78 is 15.4. The fraction of sp³-hybridized carbons (Fsp3) is 0.167. The molecule has 3 aromatic rings. The summed E-state index contributed by atoms with van der Waals surface area (Å²) in [6.07, 6.45) is 1.87. The number of hydrogen-bond acceptors (Lipinski definition) is 1. The van der Waals surface area contributed by atoms with Gasteiger partial charge in [-0.15, -0.1) is 0 Å². The number of aromatic nitrogens is 1. The number of aryl methyl sites for hydroxylation is 2. The Morgan fingerprint density at radius 3 is 2.62 bits per heavy atom. The smallest absolute Gasteiger partial charge is 0.126 e. The van der Waals surface area contributed by atoms with Crippen LogP contribution < -0.4 is 0 Å². The molecule has 2 nitrogen and oxygen atoms in total. The zero-order valence-corrected chi connectivity index (χ0v) is 12.4. The molecule has 0 spiro atoms. The summed E-state index contributed by atoms with van der Waals surface area (Å²) in [5.41, 5.74) is 4.83. The van der Waals surface area contributed by atoms with Crippen molar-refractivity contribution < 1.29 is 4.39 Å². The first-order valence-corrected chi connectivity index (χ1v) is 6.92. The molecule has 3 heteroatoms. The molecule has 106 valence electrons. The van der Waals surface area contributed by atoms with E-state index in [9.17, 15) is 4.39 Å². The topological polar surface area (TPSA) is 17.3 Å². The van der Waals surface area contributed by atoms with E-state index in [2.05, 4.69) is 35.7 Å². The molecule has 2 aromatic carbocycles. The molecule has 0 N–H and O–H groups in total. The predicted octanol–water partition coefficient (Wildman–Crippen LogP) is 4.68. The van der Waals surface area contributed by atoms with Crippen LogP contribution in [0.15, 0.2) is 47.5 Å². The lowest BCUT2D eigenvalue weighted by Gasteiger charge is -1.99. The maximum Gasteiger partial charge on any atom is 0.126 e. The Balaban J connectivity index is 2.07. The highest BCUT2D eigenvalue weighted by Gasteiger charge is 2.09. The molecule has 3 rings (SSSR count). The van der Waals surface area contributed by atoms with E-state index in [1.807, 2.05) is 18.3 Å². The van der Waals surface area contributed by atoms with Gasteiger partial charge in [0.15, 0.2) is 0 Å². The normalized spacial score (nSPS) is 11.6. The second kappa shape index (κ2) is 5.17. The highest BCUT2D eigenvalue weighted by molar-refractivity contribution is 6.01. The third-order valence-electron chi connectivity index (χ3n) is 3.93. The summed E-state index contributed by atoms with van der Waals surface area (Å²) in [6, 6.07) is 13.2. The van der Waals surface area contributed by atoms with Crippen LogP contribution >= 0.6 is 0 Å². The number of halogens is 1. The Bertz CT molecular complexity index is 844. The van der Waals surface area contributed by atoms with Crippen LogP contribution in [0, 0.1) is 19.7 Å². The largest absolute Gasteiger partial charge is 0.347 e. The molecule has 0 atom stereocenters. The molecule has 1 heterocycles. The van der Waals surface area contributed by atoms with Crippen LogP contribution in [0.25, 0.3) is 10.9 Å². The summed E-state index contributed by atoms with van der Waals surface area (Å²) >= 11 is 0. The average Bonchev–Trinajstić information content (AvgIpc) is 2.73. The zero-order chi connectivity index (χ0) is 15.0. The molecule has 0 aliphatic carbocycles. The van der Waals surface area contributed by atoms with E-state index in [0.717, 1.165) is 11.3 Å². The summed E-state index contributed by atoms with van der Waals surface area (Å²) in [5.74, 6) is -0.199. The van der Waals surface area contributed by atoms with E-state index in [1.165, 1.54) is 22.7 Å². The second-order valence-corrected chi connectivity index (χ2v) is 5.27. The molecular weight excluding hydrogens is 263 g/mol. The molecular formula is C18H17FN2. The molecule has 0 amide bonds. The number of fused-ring (bicyclic) bond motifs is 1. The zero-order valence-electron chi connectivity index (χ0n) is 12.4. The number of benzene rings is 2. The van der Waals surface area contributed by atoms with Gasteiger partial charge in [-0.3, -0.25) is 4.99 Å². The minimum Gasteiger partial charge on any atom is -0.347 e. The molecule has 0 radical (unpaired) electrons. The standard InChI is InChI=1S/C18H17FN2/c1-12-10-14(8-9-17(12)19)20-11-16-13(2)21(3)18-7-5-4-6-15(16)18/h4-11H,1-3H3. The summed E-state index contributed by atoms with van der Waals surface area (Å²) in [4.78, 5) is 4.50. The number of nitrogens with zero attached hydrogens (tertiary/aromatic N) is 2. The van der Waals surface area contributed by atoms with Crippen molar-refractivity contribution >= 4 is 22.8 Å². The first kappa shape index (κ1) is 13.6. The molecule has 0 fully saturated rings. The third-order valence-corrected chi connectivity index (χ3v) is 3.93. The predicted molar refractivity (Wildman–Crippen MR) is 86.0 cm³/mol. The molecule has 0 unspecified atom stereocenters. The van der Waals surface area contributed by atoms with Crippen LogP contribution in [0.3, 0.4) is 0 Å². The molecule has 21 heavy (non-hydrogen) atoms. The molecule has 1 aromatic heterocycles. The first-order valence-electron chi connectivity index (χ1n) is 6.92. The van der Waals surface area contributed by atoms with Crippen LogP contribution in [0.4, 0.5) is 10.1 Å². The van der Waals surface area contributed by atoms with E-state index in [0.29, 0.717) is 5.56 Å². The highest BCUT2D eigenvalue weighted by atomic mass is 19.1. The maximum absolute atomic E-state index is 13.3. The number of rotatable bonds is 2. The first-order chi connectivity index (χ1) is 10.1. The number of aliphatic imine (C=N–C) groups is 1. The SMILES string of the molecule is Cc1cc(N=Cc2c(C)n(C)c3ccccc23)ccc1F. The van der Waals surface area contributed by atoms with Gasteiger partial charge in [0, 0.05) is 35.4 Å². The average molecular weight is 280 g/mol. The van der Waals surface area contributed by atoms with Gasteiger partial charge in [0.05, 0.1) is 5.69 Å².